The number of hydrogen-bond donors (Lipinski definition) is 1. The van der Waals surface area contributed by atoms with E-state index in [2.05, 4.69) is 21.8 Å². The van der Waals surface area contributed by atoms with Crippen LogP contribution in [0, 0.1) is 5.21 Å². The van der Waals surface area contributed by atoms with Gasteiger partial charge in [-0.15, -0.1) is 0 Å². The van der Waals surface area contributed by atoms with Crippen molar-refractivity contribution in [2.75, 3.05) is 19.5 Å². The molecular weight excluding hydrogens is 270 g/mol. The molecule has 0 radical (unpaired) electrons. The van der Waals surface area contributed by atoms with Gasteiger partial charge in [-0.1, -0.05) is 11.3 Å². The molecule has 0 aliphatic heterocycles. The van der Waals surface area contributed by atoms with E-state index in [4.69, 9.17) is 4.74 Å². The second-order valence-corrected chi connectivity index (χ2v) is 4.48. The number of hydrogen-bond acceptors (Lipinski definition) is 6. The molecule has 0 aliphatic carbocycles. The van der Waals surface area contributed by atoms with Gasteiger partial charge in [0.15, 0.2) is 5.13 Å². The van der Waals surface area contributed by atoms with Crippen molar-refractivity contribution < 1.29 is 19.0 Å². The van der Waals surface area contributed by atoms with Crippen LogP contribution in [0.1, 0.15) is 0 Å². The van der Waals surface area contributed by atoms with Crippen molar-refractivity contribution in [2.24, 2.45) is 0 Å². The van der Waals surface area contributed by atoms with E-state index < -0.39 is 6.09 Å². The van der Waals surface area contributed by atoms with Crippen molar-refractivity contribution >= 4 is 45.2 Å². The molecule has 100 valence electrons. The van der Waals surface area contributed by atoms with Gasteiger partial charge in [-0.05, 0) is 6.07 Å². The maximum atomic E-state index is 11.4. The molecule has 0 bridgehead atoms. The summed E-state index contributed by atoms with van der Waals surface area (Å²) in [5.74, 6) is 0.509. The highest BCUT2D eigenvalue weighted by Crippen LogP contribution is 2.38. The number of nitrogens with one attached hydrogen (secondary N) is 1. The van der Waals surface area contributed by atoms with E-state index in [1.54, 1.807) is 12.1 Å². The summed E-state index contributed by atoms with van der Waals surface area (Å²) < 4.78 is 10.7. The number of amides is 1. The monoisotopic (exact) mass is 281 g/mol. The molecule has 0 aliphatic rings. The van der Waals surface area contributed by atoms with Crippen molar-refractivity contribution in [1.82, 2.24) is 4.98 Å². The molecule has 0 fully saturated rings. The minimum atomic E-state index is -0.631. The Morgan fingerprint density at radius 1 is 1.53 bits per heavy atom. The predicted octanol–water partition coefficient (Wildman–Crippen LogP) is 2.33. The topological polar surface area (TPSA) is 86.5 Å². The van der Waals surface area contributed by atoms with E-state index in [1.165, 1.54) is 14.2 Å². The van der Waals surface area contributed by atoms with Gasteiger partial charge < -0.3 is 14.7 Å². The number of carbonyl (C=O) groups excluding carboxylic acids is 1. The third-order valence-electron chi connectivity index (χ3n) is 2.37. The number of fused-ring (bicyclic) bond motifs is 1. The molecule has 2 aromatic rings. The van der Waals surface area contributed by atoms with Gasteiger partial charge in [0.1, 0.15) is 22.7 Å². The van der Waals surface area contributed by atoms with Crippen LogP contribution in [0.3, 0.4) is 0 Å². The number of thiazole rings is 1. The van der Waals surface area contributed by atoms with Gasteiger partial charge in [-0.3, -0.25) is 5.32 Å². The lowest BCUT2D eigenvalue weighted by Crippen LogP contribution is -2.10. The van der Waals surface area contributed by atoms with Gasteiger partial charge in [0, 0.05) is 6.07 Å². The molecular formula is C11H11N3O4S. The predicted molar refractivity (Wildman–Crippen MR) is 72.6 cm³/mol. The fourth-order valence-corrected chi connectivity index (χ4v) is 2.50. The summed E-state index contributed by atoms with van der Waals surface area (Å²) in [5.41, 5.74) is 0.840. The van der Waals surface area contributed by atoms with Gasteiger partial charge in [0.25, 0.3) is 0 Å². The zero-order valence-electron chi connectivity index (χ0n) is 10.3. The largest absolute Gasteiger partial charge is 0.619 e. The molecule has 0 saturated heterocycles. The Labute approximate surface area is 112 Å². The number of ether oxygens (including phenoxy) is 2. The van der Waals surface area contributed by atoms with Crippen molar-refractivity contribution in [3.05, 3.63) is 17.3 Å². The van der Waals surface area contributed by atoms with Crippen LogP contribution in [0.4, 0.5) is 15.6 Å². The fourth-order valence-electron chi connectivity index (χ4n) is 1.52. The Morgan fingerprint density at radius 2 is 2.26 bits per heavy atom. The molecule has 0 atom stereocenters. The molecule has 1 N–H and O–H groups in total. The van der Waals surface area contributed by atoms with Crippen LogP contribution in [-0.2, 0) is 4.74 Å². The van der Waals surface area contributed by atoms with Crippen LogP contribution in [0.25, 0.3) is 10.2 Å². The smallest absolute Gasteiger partial charge is 0.413 e. The van der Waals surface area contributed by atoms with Crippen molar-refractivity contribution in [2.45, 2.75) is 0 Å². The summed E-state index contributed by atoms with van der Waals surface area (Å²) in [6.45, 7) is 3.30. The summed E-state index contributed by atoms with van der Waals surface area (Å²) in [6, 6.07) is 3.21. The third-order valence-corrected chi connectivity index (χ3v) is 3.36. The summed E-state index contributed by atoms with van der Waals surface area (Å²) >= 11 is 1.14. The first-order valence-electron chi connectivity index (χ1n) is 5.17. The Kier molecular flexibility index (Phi) is 3.52. The quantitative estimate of drug-likeness (QED) is 0.404. The van der Waals surface area contributed by atoms with Gasteiger partial charge in [-0.25, -0.2) is 9.78 Å². The van der Waals surface area contributed by atoms with Crippen molar-refractivity contribution in [3.63, 3.8) is 0 Å². The average molecular weight is 281 g/mol. The first kappa shape index (κ1) is 13.1. The summed E-state index contributed by atoms with van der Waals surface area (Å²) in [4.78, 5) is 15.4. The minimum absolute atomic E-state index is 0.314. The van der Waals surface area contributed by atoms with Crippen LogP contribution >= 0.6 is 11.3 Å². The lowest BCUT2D eigenvalue weighted by atomic mass is 10.3. The maximum Gasteiger partial charge on any atom is 0.413 e. The normalized spacial score (nSPS) is 10.2. The molecule has 1 aromatic heterocycles. The van der Waals surface area contributed by atoms with Crippen LogP contribution in [0.5, 0.6) is 5.75 Å². The maximum absolute atomic E-state index is 11.4. The highest BCUT2D eigenvalue weighted by Gasteiger charge is 2.18. The highest BCUT2D eigenvalue weighted by atomic mass is 32.1. The van der Waals surface area contributed by atoms with Gasteiger partial charge >= 0.3 is 6.09 Å². The molecule has 19 heavy (non-hydrogen) atoms. The highest BCUT2D eigenvalue weighted by molar-refractivity contribution is 7.22. The number of methoxy groups -OCH3 is 2. The SMILES string of the molecule is C=[N+]([O-])c1ccc(OC)c2nc(NC(=O)OC)sc12. The standard InChI is InChI=1S/C11H11N3O4S/c1-14(16)6-4-5-7(17-2)8-9(6)19-10(12-8)13-11(15)18-3/h4-5H,1H2,2-3H3,(H,12,13,15). The molecule has 7 nitrogen and oxygen atoms in total. The zero-order chi connectivity index (χ0) is 14.0. The lowest BCUT2D eigenvalue weighted by Gasteiger charge is -2.03. The van der Waals surface area contributed by atoms with E-state index in [-0.39, 0.29) is 0 Å². The Bertz CT molecular complexity index is 653. The lowest BCUT2D eigenvalue weighted by molar-refractivity contribution is -0.347. The fraction of sp³-hybridized carbons (Fsp3) is 0.182. The van der Waals surface area contributed by atoms with Crippen LogP contribution in [0.2, 0.25) is 0 Å². The number of rotatable bonds is 3. The number of carbonyl (C=O) groups is 1. The average Bonchev–Trinajstić information content (AvgIpc) is 2.80. The molecule has 1 aromatic carbocycles. The summed E-state index contributed by atoms with van der Waals surface area (Å²) in [5, 5.41) is 14.1. The van der Waals surface area contributed by atoms with Crippen LogP contribution in [-0.4, -0.2) is 36.8 Å². The van der Waals surface area contributed by atoms with Crippen LogP contribution in [0.15, 0.2) is 12.1 Å². The third kappa shape index (κ3) is 2.43. The number of nitrogens with zero attached hydrogens (tertiary/aromatic N) is 2. The molecule has 1 heterocycles. The number of aromatic nitrogens is 1. The second kappa shape index (κ2) is 5.11. The molecule has 0 unspecified atom stereocenters. The summed E-state index contributed by atoms with van der Waals surface area (Å²) in [7, 11) is 2.75. The molecule has 0 spiro atoms. The Balaban J connectivity index is 2.57. The Morgan fingerprint density at radius 3 is 2.84 bits per heavy atom. The molecule has 8 heteroatoms. The van der Waals surface area contributed by atoms with E-state index >= 15 is 0 Å². The molecule has 1 amide bonds. The van der Waals surface area contributed by atoms with Gasteiger partial charge in [-0.2, -0.15) is 4.74 Å². The van der Waals surface area contributed by atoms with E-state index in [9.17, 15) is 10.0 Å². The first-order chi connectivity index (χ1) is 9.06. The van der Waals surface area contributed by atoms with E-state index in [0.29, 0.717) is 31.5 Å². The van der Waals surface area contributed by atoms with E-state index in [0.717, 1.165) is 11.3 Å². The van der Waals surface area contributed by atoms with Gasteiger partial charge in [0.05, 0.1) is 14.2 Å². The summed E-state index contributed by atoms with van der Waals surface area (Å²) in [6.07, 6.45) is -0.631. The molecule has 2 rings (SSSR count). The van der Waals surface area contributed by atoms with E-state index in [1.807, 2.05) is 0 Å². The molecule has 0 saturated carbocycles. The van der Waals surface area contributed by atoms with Gasteiger partial charge in [0.2, 0.25) is 5.69 Å². The Hall–Kier alpha value is -2.35. The van der Waals surface area contributed by atoms with Crippen molar-refractivity contribution in [1.29, 1.82) is 0 Å². The van der Waals surface area contributed by atoms with Crippen molar-refractivity contribution in [3.8, 4) is 5.75 Å². The second-order valence-electron chi connectivity index (χ2n) is 3.48. The number of anilines is 1. The minimum Gasteiger partial charge on any atom is -0.619 e. The zero-order valence-corrected chi connectivity index (χ0v) is 11.1. The number of benzene rings is 1. The first-order valence-corrected chi connectivity index (χ1v) is 5.98. The van der Waals surface area contributed by atoms with Crippen LogP contribution < -0.4 is 10.1 Å².